The van der Waals surface area contributed by atoms with Crippen molar-refractivity contribution in [2.75, 3.05) is 24.6 Å². The second-order valence-corrected chi connectivity index (χ2v) is 4.99. The Hall–Kier alpha value is -2.90. The van der Waals surface area contributed by atoms with Crippen LogP contribution in [0.15, 0.2) is 24.3 Å². The van der Waals surface area contributed by atoms with Crippen LogP contribution in [0.25, 0.3) is 0 Å². The largest absolute Gasteiger partial charge is 0.452 e. The Bertz CT molecular complexity index is 644. The fourth-order valence-corrected chi connectivity index (χ4v) is 2.23. The van der Waals surface area contributed by atoms with E-state index < -0.39 is 24.4 Å². The standard InChI is InChI=1S/C15H17N3O5/c16-12(19)8-17-13(20)9-23-15(22)10-4-1-2-5-11(10)18-7-3-6-14(18)21/h1-2,4-5H,3,6-9H2,(H2,16,19)(H,17,20). The lowest BCUT2D eigenvalue weighted by atomic mass is 10.1. The molecule has 2 rings (SSSR count). The van der Waals surface area contributed by atoms with Crippen LogP contribution in [-0.2, 0) is 19.1 Å². The Morgan fingerprint density at radius 2 is 2.00 bits per heavy atom. The normalized spacial score (nSPS) is 13.7. The van der Waals surface area contributed by atoms with Gasteiger partial charge in [-0.05, 0) is 18.6 Å². The summed E-state index contributed by atoms with van der Waals surface area (Å²) in [5, 5.41) is 2.21. The number of rotatable bonds is 6. The maximum atomic E-state index is 12.1. The van der Waals surface area contributed by atoms with Crippen molar-refractivity contribution >= 4 is 29.4 Å². The molecule has 8 heteroatoms. The summed E-state index contributed by atoms with van der Waals surface area (Å²) in [6.45, 7) is -0.314. The first-order valence-corrected chi connectivity index (χ1v) is 7.10. The maximum absolute atomic E-state index is 12.1. The Kier molecular flexibility index (Phi) is 5.29. The molecule has 0 radical (unpaired) electrons. The average Bonchev–Trinajstić information content (AvgIpc) is 2.96. The van der Waals surface area contributed by atoms with E-state index in [2.05, 4.69) is 5.32 Å². The summed E-state index contributed by atoms with van der Waals surface area (Å²) in [6, 6.07) is 6.56. The third-order valence-corrected chi connectivity index (χ3v) is 3.28. The zero-order valence-electron chi connectivity index (χ0n) is 12.4. The predicted molar refractivity (Wildman–Crippen MR) is 80.5 cm³/mol. The second kappa shape index (κ2) is 7.39. The number of primary amides is 1. The first-order valence-electron chi connectivity index (χ1n) is 7.10. The third-order valence-electron chi connectivity index (χ3n) is 3.28. The SMILES string of the molecule is NC(=O)CNC(=O)COC(=O)c1ccccc1N1CCCC1=O. The van der Waals surface area contributed by atoms with Crippen LogP contribution in [0.2, 0.25) is 0 Å². The van der Waals surface area contributed by atoms with E-state index in [4.69, 9.17) is 10.5 Å². The number of nitrogens with two attached hydrogens (primary N) is 1. The van der Waals surface area contributed by atoms with Crippen LogP contribution < -0.4 is 16.0 Å². The van der Waals surface area contributed by atoms with Crippen LogP contribution in [0.5, 0.6) is 0 Å². The Morgan fingerprint density at radius 3 is 2.65 bits per heavy atom. The van der Waals surface area contributed by atoms with E-state index in [1.165, 1.54) is 11.0 Å². The molecule has 0 bridgehead atoms. The van der Waals surface area contributed by atoms with Crippen molar-refractivity contribution < 1.29 is 23.9 Å². The van der Waals surface area contributed by atoms with Gasteiger partial charge in [-0.1, -0.05) is 12.1 Å². The second-order valence-electron chi connectivity index (χ2n) is 4.99. The van der Waals surface area contributed by atoms with Gasteiger partial charge in [0.05, 0.1) is 17.8 Å². The monoisotopic (exact) mass is 319 g/mol. The zero-order chi connectivity index (χ0) is 16.8. The first kappa shape index (κ1) is 16.5. The van der Waals surface area contributed by atoms with Crippen LogP contribution in [0, 0.1) is 0 Å². The minimum Gasteiger partial charge on any atom is -0.452 e. The van der Waals surface area contributed by atoms with Crippen molar-refractivity contribution in [3.63, 3.8) is 0 Å². The van der Waals surface area contributed by atoms with Crippen molar-refractivity contribution in [3.8, 4) is 0 Å². The van der Waals surface area contributed by atoms with Gasteiger partial charge in [-0.3, -0.25) is 14.4 Å². The van der Waals surface area contributed by atoms with Crippen LogP contribution in [-0.4, -0.2) is 43.4 Å². The molecule has 0 saturated carbocycles. The summed E-state index contributed by atoms with van der Waals surface area (Å²) < 4.78 is 4.92. The molecule has 1 aromatic carbocycles. The number of benzene rings is 1. The summed E-state index contributed by atoms with van der Waals surface area (Å²) >= 11 is 0. The van der Waals surface area contributed by atoms with Crippen molar-refractivity contribution in [1.29, 1.82) is 0 Å². The van der Waals surface area contributed by atoms with Gasteiger partial charge < -0.3 is 20.7 Å². The van der Waals surface area contributed by atoms with Gasteiger partial charge in [-0.25, -0.2) is 4.79 Å². The van der Waals surface area contributed by atoms with Crippen LogP contribution in [0.1, 0.15) is 23.2 Å². The molecule has 0 aromatic heterocycles. The average molecular weight is 319 g/mol. The van der Waals surface area contributed by atoms with Gasteiger partial charge in [0.2, 0.25) is 11.8 Å². The molecule has 23 heavy (non-hydrogen) atoms. The Morgan fingerprint density at radius 1 is 1.26 bits per heavy atom. The van der Waals surface area contributed by atoms with E-state index in [0.717, 1.165) is 6.42 Å². The number of para-hydroxylation sites is 1. The van der Waals surface area contributed by atoms with E-state index in [9.17, 15) is 19.2 Å². The molecule has 1 aliphatic heterocycles. The minimum atomic E-state index is -0.713. The molecular weight excluding hydrogens is 302 g/mol. The fourth-order valence-electron chi connectivity index (χ4n) is 2.23. The molecule has 1 saturated heterocycles. The third kappa shape index (κ3) is 4.29. The molecule has 1 aliphatic rings. The van der Waals surface area contributed by atoms with Crippen LogP contribution in [0.3, 0.4) is 0 Å². The summed E-state index contributed by atoms with van der Waals surface area (Å²) in [4.78, 5) is 47.5. The molecule has 3 N–H and O–H groups in total. The number of esters is 1. The van der Waals surface area contributed by atoms with E-state index >= 15 is 0 Å². The summed E-state index contributed by atoms with van der Waals surface area (Å²) in [7, 11) is 0. The molecule has 3 amide bonds. The molecule has 0 spiro atoms. The molecule has 0 aliphatic carbocycles. The van der Waals surface area contributed by atoms with Crippen molar-refractivity contribution in [3.05, 3.63) is 29.8 Å². The number of hydrogen-bond donors (Lipinski definition) is 2. The molecule has 1 heterocycles. The number of nitrogens with zero attached hydrogens (tertiary/aromatic N) is 1. The highest BCUT2D eigenvalue weighted by Gasteiger charge is 2.26. The number of nitrogens with one attached hydrogen (secondary N) is 1. The lowest BCUT2D eigenvalue weighted by Gasteiger charge is -2.18. The molecule has 122 valence electrons. The molecular formula is C15H17N3O5. The van der Waals surface area contributed by atoms with Gasteiger partial charge in [-0.15, -0.1) is 0 Å². The fraction of sp³-hybridized carbons (Fsp3) is 0.333. The number of carbonyl (C=O) groups excluding carboxylic acids is 4. The smallest absolute Gasteiger partial charge is 0.340 e. The lowest BCUT2D eigenvalue weighted by Crippen LogP contribution is -2.36. The number of ether oxygens (including phenoxy) is 1. The van der Waals surface area contributed by atoms with Gasteiger partial charge >= 0.3 is 5.97 Å². The number of amides is 3. The summed E-state index contributed by atoms with van der Waals surface area (Å²) in [5.41, 5.74) is 5.57. The molecule has 0 atom stereocenters. The van der Waals surface area contributed by atoms with E-state index in [-0.39, 0.29) is 18.0 Å². The van der Waals surface area contributed by atoms with Gasteiger partial charge in [0.15, 0.2) is 6.61 Å². The number of anilines is 1. The molecule has 1 fully saturated rings. The van der Waals surface area contributed by atoms with Gasteiger partial charge in [0.1, 0.15) is 0 Å². The number of hydrogen-bond acceptors (Lipinski definition) is 5. The molecule has 0 unspecified atom stereocenters. The Balaban J connectivity index is 2.01. The summed E-state index contributed by atoms with van der Waals surface area (Å²) in [6.07, 6.45) is 1.18. The van der Waals surface area contributed by atoms with Crippen LogP contribution >= 0.6 is 0 Å². The van der Waals surface area contributed by atoms with E-state index in [0.29, 0.717) is 18.7 Å². The van der Waals surface area contributed by atoms with E-state index in [1.807, 2.05) is 0 Å². The van der Waals surface area contributed by atoms with E-state index in [1.54, 1.807) is 18.2 Å². The highest BCUT2D eigenvalue weighted by Crippen LogP contribution is 2.25. The zero-order valence-corrected chi connectivity index (χ0v) is 12.4. The highest BCUT2D eigenvalue weighted by atomic mass is 16.5. The van der Waals surface area contributed by atoms with Gasteiger partial charge in [-0.2, -0.15) is 0 Å². The first-order chi connectivity index (χ1) is 11.0. The quantitative estimate of drug-likeness (QED) is 0.690. The minimum absolute atomic E-state index is 0.0514. The highest BCUT2D eigenvalue weighted by molar-refractivity contribution is 6.04. The van der Waals surface area contributed by atoms with Crippen molar-refractivity contribution in [2.45, 2.75) is 12.8 Å². The van der Waals surface area contributed by atoms with Crippen molar-refractivity contribution in [2.24, 2.45) is 5.73 Å². The van der Waals surface area contributed by atoms with Gasteiger partial charge in [0, 0.05) is 13.0 Å². The predicted octanol–water partition coefficient (Wildman–Crippen LogP) is -0.428. The molecule has 1 aromatic rings. The van der Waals surface area contributed by atoms with Crippen molar-refractivity contribution in [1.82, 2.24) is 5.32 Å². The van der Waals surface area contributed by atoms with Crippen LogP contribution in [0.4, 0.5) is 5.69 Å². The maximum Gasteiger partial charge on any atom is 0.340 e. The number of carbonyl (C=O) groups is 4. The Labute approximate surface area is 132 Å². The molecule has 8 nitrogen and oxygen atoms in total. The van der Waals surface area contributed by atoms with Gasteiger partial charge in [0.25, 0.3) is 5.91 Å². The topological polar surface area (TPSA) is 119 Å². The summed E-state index contributed by atoms with van der Waals surface area (Å²) in [5.74, 6) is -2.09. The lowest BCUT2D eigenvalue weighted by molar-refractivity contribution is -0.127.